The smallest absolute Gasteiger partial charge is 0.253 e. The van der Waals surface area contributed by atoms with E-state index in [1.807, 2.05) is 11.0 Å². The van der Waals surface area contributed by atoms with Crippen molar-refractivity contribution < 1.29 is 4.79 Å². The molecule has 0 atom stereocenters. The van der Waals surface area contributed by atoms with Crippen LogP contribution in [0.2, 0.25) is 0 Å². The zero-order valence-electron chi connectivity index (χ0n) is 11.9. The second-order valence-corrected chi connectivity index (χ2v) is 5.40. The monoisotopic (exact) mass is 297 g/mol. The molecule has 8 heteroatoms. The number of hydrogen-bond acceptors (Lipinski definition) is 5. The van der Waals surface area contributed by atoms with Crippen LogP contribution in [0.3, 0.4) is 0 Å². The maximum atomic E-state index is 12.6. The van der Waals surface area contributed by atoms with E-state index in [1.165, 1.54) is 0 Å². The van der Waals surface area contributed by atoms with Crippen molar-refractivity contribution in [1.82, 2.24) is 35.3 Å². The molecular formula is C14H15N7O. The van der Waals surface area contributed by atoms with Crippen molar-refractivity contribution in [3.05, 3.63) is 36.2 Å². The minimum atomic E-state index is 0.0387. The molecule has 0 aliphatic carbocycles. The topological polar surface area (TPSA) is 92.6 Å². The van der Waals surface area contributed by atoms with Gasteiger partial charge in [-0.1, -0.05) is 0 Å². The average molecular weight is 297 g/mol. The first-order valence-corrected chi connectivity index (χ1v) is 7.27. The number of nitrogens with zero attached hydrogens (tertiary/aromatic N) is 6. The summed E-state index contributed by atoms with van der Waals surface area (Å²) in [5.41, 5.74) is 2.12. The fourth-order valence-electron chi connectivity index (χ4n) is 2.87. The molecule has 3 aromatic rings. The fraction of sp³-hybridized carbons (Fsp3) is 0.357. The van der Waals surface area contributed by atoms with E-state index in [0.717, 1.165) is 18.4 Å². The number of benzene rings is 1. The van der Waals surface area contributed by atoms with Crippen molar-refractivity contribution >= 4 is 16.9 Å². The normalized spacial score (nSPS) is 16.3. The molecule has 0 unspecified atom stereocenters. The Hall–Kier alpha value is -2.77. The summed E-state index contributed by atoms with van der Waals surface area (Å²) in [6.07, 6.45) is 5.11. The number of carbonyl (C=O) groups excluding carboxylic acids is 1. The SMILES string of the molecule is O=C(c1ccc2n[nH]nc2c1)N1CCC(n2nccn2)CC1. The van der Waals surface area contributed by atoms with Gasteiger partial charge < -0.3 is 4.90 Å². The molecule has 0 saturated carbocycles. The average Bonchev–Trinajstić information content (AvgIpc) is 3.25. The van der Waals surface area contributed by atoms with Gasteiger partial charge in [0.25, 0.3) is 5.91 Å². The number of piperidine rings is 1. The Kier molecular flexibility index (Phi) is 3.06. The lowest BCUT2D eigenvalue weighted by Crippen LogP contribution is -2.39. The Morgan fingerprint density at radius 2 is 1.82 bits per heavy atom. The lowest BCUT2D eigenvalue weighted by Gasteiger charge is -2.31. The third-order valence-corrected chi connectivity index (χ3v) is 4.08. The van der Waals surface area contributed by atoms with Crippen LogP contribution in [-0.2, 0) is 0 Å². The third kappa shape index (κ3) is 2.22. The Morgan fingerprint density at radius 3 is 2.59 bits per heavy atom. The van der Waals surface area contributed by atoms with E-state index in [0.29, 0.717) is 24.2 Å². The molecule has 1 amide bonds. The van der Waals surface area contributed by atoms with Crippen LogP contribution in [0, 0.1) is 0 Å². The van der Waals surface area contributed by atoms with Crippen LogP contribution >= 0.6 is 0 Å². The van der Waals surface area contributed by atoms with Gasteiger partial charge in [0.05, 0.1) is 18.4 Å². The molecule has 1 aliphatic heterocycles. The molecule has 1 fully saturated rings. The summed E-state index contributed by atoms with van der Waals surface area (Å²) in [5, 5.41) is 18.9. The van der Waals surface area contributed by atoms with Gasteiger partial charge in [-0.05, 0) is 31.0 Å². The van der Waals surface area contributed by atoms with Crippen LogP contribution in [0.4, 0.5) is 0 Å². The van der Waals surface area contributed by atoms with Gasteiger partial charge in [-0.25, -0.2) is 0 Å². The number of aromatic nitrogens is 6. The Morgan fingerprint density at radius 1 is 1.09 bits per heavy atom. The molecule has 22 heavy (non-hydrogen) atoms. The second kappa shape index (κ2) is 5.21. The summed E-state index contributed by atoms with van der Waals surface area (Å²) < 4.78 is 0. The molecule has 1 saturated heterocycles. The molecule has 3 heterocycles. The van der Waals surface area contributed by atoms with E-state index in [4.69, 9.17) is 0 Å². The second-order valence-electron chi connectivity index (χ2n) is 5.40. The highest BCUT2D eigenvalue weighted by molar-refractivity contribution is 5.97. The van der Waals surface area contributed by atoms with Crippen LogP contribution in [-0.4, -0.2) is 54.3 Å². The van der Waals surface area contributed by atoms with Gasteiger partial charge >= 0.3 is 0 Å². The molecule has 4 rings (SSSR count). The van der Waals surface area contributed by atoms with Crippen molar-refractivity contribution in [2.24, 2.45) is 0 Å². The number of fused-ring (bicyclic) bond motifs is 1. The molecule has 0 bridgehead atoms. The number of aromatic amines is 1. The van der Waals surface area contributed by atoms with Crippen LogP contribution in [0.1, 0.15) is 29.2 Å². The van der Waals surface area contributed by atoms with E-state index < -0.39 is 0 Å². The van der Waals surface area contributed by atoms with E-state index >= 15 is 0 Å². The van der Waals surface area contributed by atoms with Crippen molar-refractivity contribution in [1.29, 1.82) is 0 Å². The minimum Gasteiger partial charge on any atom is -0.338 e. The number of rotatable bonds is 2. The summed E-state index contributed by atoms with van der Waals surface area (Å²) >= 11 is 0. The van der Waals surface area contributed by atoms with Crippen molar-refractivity contribution in [3.63, 3.8) is 0 Å². The van der Waals surface area contributed by atoms with E-state index in [-0.39, 0.29) is 11.9 Å². The molecule has 0 spiro atoms. The quantitative estimate of drug-likeness (QED) is 0.762. The molecular weight excluding hydrogens is 282 g/mol. The highest BCUT2D eigenvalue weighted by Crippen LogP contribution is 2.22. The largest absolute Gasteiger partial charge is 0.338 e. The highest BCUT2D eigenvalue weighted by atomic mass is 16.2. The molecule has 8 nitrogen and oxygen atoms in total. The number of likely N-dealkylation sites (tertiary alicyclic amines) is 1. The zero-order valence-corrected chi connectivity index (χ0v) is 11.9. The van der Waals surface area contributed by atoms with Gasteiger partial charge in [0.15, 0.2) is 0 Å². The summed E-state index contributed by atoms with van der Waals surface area (Å²) in [4.78, 5) is 16.2. The van der Waals surface area contributed by atoms with Crippen LogP contribution in [0.5, 0.6) is 0 Å². The molecule has 1 N–H and O–H groups in total. The lowest BCUT2D eigenvalue weighted by atomic mass is 10.0. The van der Waals surface area contributed by atoms with Gasteiger partial charge in [0.1, 0.15) is 11.0 Å². The Bertz CT molecular complexity index is 786. The Balaban J connectivity index is 1.47. The van der Waals surface area contributed by atoms with Gasteiger partial charge in [-0.15, -0.1) is 0 Å². The van der Waals surface area contributed by atoms with Crippen molar-refractivity contribution in [2.75, 3.05) is 13.1 Å². The zero-order chi connectivity index (χ0) is 14.9. The fourth-order valence-corrected chi connectivity index (χ4v) is 2.87. The van der Waals surface area contributed by atoms with Gasteiger partial charge in [0, 0.05) is 18.7 Å². The molecule has 1 aromatic carbocycles. The molecule has 1 aliphatic rings. The highest BCUT2D eigenvalue weighted by Gasteiger charge is 2.25. The first kappa shape index (κ1) is 12.9. The predicted molar refractivity (Wildman–Crippen MR) is 78.1 cm³/mol. The molecule has 112 valence electrons. The first-order valence-electron chi connectivity index (χ1n) is 7.27. The summed E-state index contributed by atoms with van der Waals surface area (Å²) in [7, 11) is 0. The molecule has 2 aromatic heterocycles. The van der Waals surface area contributed by atoms with Gasteiger partial charge in [-0.3, -0.25) is 4.79 Å². The predicted octanol–water partition coefficient (Wildman–Crippen LogP) is 1.03. The first-order chi connectivity index (χ1) is 10.8. The van der Waals surface area contributed by atoms with Gasteiger partial charge in [-0.2, -0.15) is 30.4 Å². The number of nitrogens with one attached hydrogen (secondary N) is 1. The lowest BCUT2D eigenvalue weighted by molar-refractivity contribution is 0.0684. The maximum Gasteiger partial charge on any atom is 0.253 e. The van der Waals surface area contributed by atoms with E-state index in [2.05, 4.69) is 25.6 Å². The maximum absolute atomic E-state index is 12.6. The van der Waals surface area contributed by atoms with E-state index in [9.17, 15) is 4.79 Å². The van der Waals surface area contributed by atoms with Crippen molar-refractivity contribution in [3.8, 4) is 0 Å². The summed E-state index contributed by atoms with van der Waals surface area (Å²) in [6.45, 7) is 1.42. The number of carbonyl (C=O) groups is 1. The number of hydrogen-bond donors (Lipinski definition) is 1. The van der Waals surface area contributed by atoms with Crippen molar-refractivity contribution in [2.45, 2.75) is 18.9 Å². The Labute approximate surface area is 126 Å². The standard InChI is InChI=1S/C14H15N7O/c22-14(10-1-2-12-13(9-10)18-19-17-12)20-7-3-11(4-8-20)21-15-5-6-16-21/h1-2,5-6,9,11H,3-4,7-8H2,(H,17,18,19). The van der Waals surface area contributed by atoms with E-state index in [1.54, 1.807) is 29.3 Å². The minimum absolute atomic E-state index is 0.0387. The van der Waals surface area contributed by atoms with Crippen LogP contribution in [0.25, 0.3) is 11.0 Å². The number of amides is 1. The third-order valence-electron chi connectivity index (χ3n) is 4.08. The van der Waals surface area contributed by atoms with Crippen LogP contribution in [0.15, 0.2) is 30.6 Å². The summed E-state index contributed by atoms with van der Waals surface area (Å²) in [5.74, 6) is 0.0387. The van der Waals surface area contributed by atoms with Gasteiger partial charge in [0.2, 0.25) is 0 Å². The summed E-state index contributed by atoms with van der Waals surface area (Å²) in [6, 6.07) is 5.67. The van der Waals surface area contributed by atoms with Crippen LogP contribution < -0.4 is 0 Å². The molecule has 0 radical (unpaired) electrons. The number of H-pyrrole nitrogens is 1.